The highest BCUT2D eigenvalue weighted by Crippen LogP contribution is 2.27. The van der Waals surface area contributed by atoms with Crippen molar-refractivity contribution in [1.29, 1.82) is 0 Å². The van der Waals surface area contributed by atoms with Crippen molar-refractivity contribution in [2.75, 3.05) is 24.5 Å². The van der Waals surface area contributed by atoms with E-state index in [1.54, 1.807) is 12.1 Å². The van der Waals surface area contributed by atoms with Gasteiger partial charge in [-0.15, -0.1) is 0 Å². The third-order valence-electron chi connectivity index (χ3n) is 3.55. The van der Waals surface area contributed by atoms with Gasteiger partial charge in [-0.3, -0.25) is 0 Å². The average molecular weight is 280 g/mol. The van der Waals surface area contributed by atoms with E-state index in [2.05, 4.69) is 17.1 Å². The van der Waals surface area contributed by atoms with E-state index >= 15 is 0 Å². The first-order valence-electron chi connectivity index (χ1n) is 7.50. The molecule has 1 aromatic carbocycles. The molecule has 0 aliphatic carbocycles. The van der Waals surface area contributed by atoms with Gasteiger partial charge in [0.1, 0.15) is 5.82 Å². The van der Waals surface area contributed by atoms with Gasteiger partial charge in [0.25, 0.3) is 0 Å². The molecule has 112 valence electrons. The van der Waals surface area contributed by atoms with Gasteiger partial charge in [0.05, 0.1) is 17.9 Å². The van der Waals surface area contributed by atoms with Crippen molar-refractivity contribution < 1.29 is 9.13 Å². The summed E-state index contributed by atoms with van der Waals surface area (Å²) in [5.41, 5.74) is 1.76. The van der Waals surface area contributed by atoms with Crippen LogP contribution in [0.15, 0.2) is 18.2 Å². The molecule has 2 atom stereocenters. The molecule has 1 aliphatic heterocycles. The van der Waals surface area contributed by atoms with Crippen molar-refractivity contribution in [3.05, 3.63) is 29.6 Å². The van der Waals surface area contributed by atoms with Gasteiger partial charge in [-0.05, 0) is 38.4 Å². The van der Waals surface area contributed by atoms with E-state index in [9.17, 15) is 4.39 Å². The van der Waals surface area contributed by atoms with E-state index in [4.69, 9.17) is 4.74 Å². The van der Waals surface area contributed by atoms with Crippen molar-refractivity contribution in [2.45, 2.75) is 45.9 Å². The lowest BCUT2D eigenvalue weighted by Crippen LogP contribution is -2.46. The zero-order chi connectivity index (χ0) is 14.5. The highest BCUT2D eigenvalue weighted by atomic mass is 19.1. The summed E-state index contributed by atoms with van der Waals surface area (Å²) in [5.74, 6) is -0.137. The first-order valence-corrected chi connectivity index (χ1v) is 7.50. The van der Waals surface area contributed by atoms with Crippen LogP contribution in [-0.2, 0) is 11.3 Å². The molecule has 4 heteroatoms. The van der Waals surface area contributed by atoms with Gasteiger partial charge in [-0.25, -0.2) is 4.39 Å². The molecule has 20 heavy (non-hydrogen) atoms. The Kier molecular flexibility index (Phi) is 5.38. The predicted molar refractivity (Wildman–Crippen MR) is 80.6 cm³/mol. The summed E-state index contributed by atoms with van der Waals surface area (Å²) >= 11 is 0. The summed E-state index contributed by atoms with van der Waals surface area (Å²) in [7, 11) is 0. The maximum Gasteiger partial charge on any atom is 0.146 e. The zero-order valence-electron chi connectivity index (χ0n) is 12.7. The molecule has 0 saturated carbocycles. The maximum absolute atomic E-state index is 14.3. The minimum Gasteiger partial charge on any atom is -0.372 e. The lowest BCUT2D eigenvalue weighted by Gasteiger charge is -2.38. The molecule has 2 unspecified atom stereocenters. The summed E-state index contributed by atoms with van der Waals surface area (Å²) < 4.78 is 20.0. The van der Waals surface area contributed by atoms with Crippen LogP contribution < -0.4 is 10.2 Å². The number of anilines is 1. The Morgan fingerprint density at radius 1 is 1.30 bits per heavy atom. The summed E-state index contributed by atoms with van der Waals surface area (Å²) in [6.07, 6.45) is 1.35. The van der Waals surface area contributed by atoms with Crippen LogP contribution in [-0.4, -0.2) is 31.8 Å². The number of ether oxygens (including phenoxy) is 1. The number of benzene rings is 1. The third-order valence-corrected chi connectivity index (χ3v) is 3.55. The standard InChI is InChI=1S/C16H25FN2O/c1-4-8-18-9-14-6-5-7-15(17)16(14)19-10-12(2)20-13(3)11-19/h5-7,12-13,18H,4,8-11H2,1-3H3. The third kappa shape index (κ3) is 3.70. The van der Waals surface area contributed by atoms with Crippen molar-refractivity contribution in [2.24, 2.45) is 0 Å². The van der Waals surface area contributed by atoms with Crippen LogP contribution in [0, 0.1) is 5.82 Å². The van der Waals surface area contributed by atoms with Crippen LogP contribution in [0.2, 0.25) is 0 Å². The highest BCUT2D eigenvalue weighted by Gasteiger charge is 2.25. The Hall–Kier alpha value is -1.13. The summed E-state index contributed by atoms with van der Waals surface area (Å²) in [5, 5.41) is 3.36. The van der Waals surface area contributed by atoms with Crippen molar-refractivity contribution in [3.63, 3.8) is 0 Å². The first-order chi connectivity index (χ1) is 9.61. The van der Waals surface area contributed by atoms with Crippen molar-refractivity contribution in [1.82, 2.24) is 5.32 Å². The van der Waals surface area contributed by atoms with Crippen molar-refractivity contribution >= 4 is 5.69 Å². The Balaban J connectivity index is 2.20. The van der Waals surface area contributed by atoms with Gasteiger partial charge in [-0.1, -0.05) is 19.1 Å². The number of halogens is 1. The van der Waals surface area contributed by atoms with Gasteiger partial charge < -0.3 is 15.0 Å². The molecule has 3 nitrogen and oxygen atoms in total. The van der Waals surface area contributed by atoms with Gasteiger partial charge in [0, 0.05) is 19.6 Å². The number of hydrogen-bond donors (Lipinski definition) is 1. The number of rotatable bonds is 5. The quantitative estimate of drug-likeness (QED) is 0.839. The molecule has 0 amide bonds. The molecule has 0 aromatic heterocycles. The fourth-order valence-electron chi connectivity index (χ4n) is 2.82. The minimum absolute atomic E-state index is 0.134. The topological polar surface area (TPSA) is 24.5 Å². The monoisotopic (exact) mass is 280 g/mol. The summed E-state index contributed by atoms with van der Waals surface area (Å²) in [4.78, 5) is 2.12. The summed E-state index contributed by atoms with van der Waals surface area (Å²) in [6, 6.07) is 5.34. The molecular formula is C16H25FN2O. The van der Waals surface area contributed by atoms with E-state index in [0.29, 0.717) is 6.54 Å². The second-order valence-corrected chi connectivity index (χ2v) is 5.59. The Bertz CT molecular complexity index is 428. The van der Waals surface area contributed by atoms with Crippen LogP contribution in [0.3, 0.4) is 0 Å². The van der Waals surface area contributed by atoms with Crippen LogP contribution in [0.4, 0.5) is 10.1 Å². The average Bonchev–Trinajstić information content (AvgIpc) is 2.38. The molecule has 1 fully saturated rings. The Morgan fingerprint density at radius 2 is 2.00 bits per heavy atom. The molecule has 1 aromatic rings. The molecule has 2 rings (SSSR count). The van der Waals surface area contributed by atoms with E-state index in [1.807, 2.05) is 19.9 Å². The van der Waals surface area contributed by atoms with Gasteiger partial charge in [0.2, 0.25) is 0 Å². The Morgan fingerprint density at radius 3 is 2.65 bits per heavy atom. The van der Waals surface area contributed by atoms with Crippen LogP contribution in [0.25, 0.3) is 0 Å². The van der Waals surface area contributed by atoms with Gasteiger partial charge in [0.15, 0.2) is 0 Å². The molecule has 0 radical (unpaired) electrons. The summed E-state index contributed by atoms with van der Waals surface area (Å²) in [6.45, 7) is 9.35. The Labute approximate surface area is 121 Å². The van der Waals surface area contributed by atoms with Gasteiger partial charge in [-0.2, -0.15) is 0 Å². The lowest BCUT2D eigenvalue weighted by atomic mass is 10.1. The molecule has 0 spiro atoms. The predicted octanol–water partition coefficient (Wildman–Crippen LogP) is 2.94. The number of nitrogens with zero attached hydrogens (tertiary/aromatic N) is 1. The van der Waals surface area contributed by atoms with E-state index < -0.39 is 0 Å². The number of hydrogen-bond acceptors (Lipinski definition) is 3. The largest absolute Gasteiger partial charge is 0.372 e. The molecule has 1 N–H and O–H groups in total. The molecule has 0 bridgehead atoms. The fourth-order valence-corrected chi connectivity index (χ4v) is 2.82. The van der Waals surface area contributed by atoms with E-state index in [0.717, 1.165) is 37.3 Å². The normalized spacial score (nSPS) is 23.1. The van der Waals surface area contributed by atoms with Crippen LogP contribution in [0.1, 0.15) is 32.8 Å². The molecular weight excluding hydrogens is 255 g/mol. The lowest BCUT2D eigenvalue weighted by molar-refractivity contribution is -0.00544. The molecule has 1 saturated heterocycles. The number of para-hydroxylation sites is 1. The second kappa shape index (κ2) is 7.04. The van der Waals surface area contributed by atoms with Gasteiger partial charge >= 0.3 is 0 Å². The van der Waals surface area contributed by atoms with Crippen molar-refractivity contribution in [3.8, 4) is 0 Å². The highest BCUT2D eigenvalue weighted by molar-refractivity contribution is 5.55. The smallest absolute Gasteiger partial charge is 0.146 e. The number of morpholine rings is 1. The maximum atomic E-state index is 14.3. The van der Waals surface area contributed by atoms with Crippen LogP contribution in [0.5, 0.6) is 0 Å². The van der Waals surface area contributed by atoms with Crippen LogP contribution >= 0.6 is 0 Å². The first kappa shape index (κ1) is 15.3. The fraction of sp³-hybridized carbons (Fsp3) is 0.625. The number of nitrogens with one attached hydrogen (secondary N) is 1. The SMILES string of the molecule is CCCNCc1cccc(F)c1N1CC(C)OC(C)C1. The van der Waals surface area contributed by atoms with E-state index in [1.165, 1.54) is 0 Å². The minimum atomic E-state index is -0.137. The molecule has 1 aliphatic rings. The molecule has 1 heterocycles. The zero-order valence-corrected chi connectivity index (χ0v) is 12.7. The van der Waals surface area contributed by atoms with E-state index in [-0.39, 0.29) is 18.0 Å². The second-order valence-electron chi connectivity index (χ2n) is 5.59.